The van der Waals surface area contributed by atoms with Crippen molar-refractivity contribution in [2.45, 2.75) is 209 Å². The molecule has 1 aromatic heterocycles. The van der Waals surface area contributed by atoms with Gasteiger partial charge in [-0.1, -0.05) is 150 Å². The molecule has 0 aromatic carbocycles. The third-order valence-corrected chi connectivity index (χ3v) is 11.7. The van der Waals surface area contributed by atoms with E-state index in [0.29, 0.717) is 43.3 Å². The predicted octanol–water partition coefficient (Wildman–Crippen LogP) is 11.3. The molecular weight excluding hydrogens is 733 g/mol. The first-order valence-corrected chi connectivity index (χ1v) is 23.3. The summed E-state index contributed by atoms with van der Waals surface area (Å²) in [6, 6.07) is -0.558. The topological polar surface area (TPSA) is 164 Å². The van der Waals surface area contributed by atoms with Gasteiger partial charge in [0.1, 0.15) is 0 Å². The third-order valence-electron chi connectivity index (χ3n) is 11.7. The molecule has 3 unspecified atom stereocenters. The van der Waals surface area contributed by atoms with Gasteiger partial charge in [0.05, 0.1) is 13.2 Å². The predicted molar refractivity (Wildman–Crippen MR) is 237 cm³/mol. The number of urea groups is 1. The maximum absolute atomic E-state index is 13.3. The van der Waals surface area contributed by atoms with Crippen molar-refractivity contribution >= 4 is 24.2 Å². The molecule has 1 aromatic rings. The minimum atomic E-state index is -0.542. The van der Waals surface area contributed by atoms with Crippen molar-refractivity contribution in [2.75, 3.05) is 31.6 Å². The molecular formula is C46H84N6O6. The summed E-state index contributed by atoms with van der Waals surface area (Å²) in [5.41, 5.74) is 0.0904. The first-order valence-electron chi connectivity index (χ1n) is 23.3. The number of aromatic nitrogens is 2. The van der Waals surface area contributed by atoms with E-state index in [1.165, 1.54) is 116 Å². The molecule has 0 spiro atoms. The first kappa shape index (κ1) is 50.8. The van der Waals surface area contributed by atoms with Crippen LogP contribution < -0.4 is 26.8 Å². The van der Waals surface area contributed by atoms with Crippen LogP contribution >= 0.6 is 0 Å². The van der Waals surface area contributed by atoms with E-state index in [4.69, 9.17) is 9.47 Å². The van der Waals surface area contributed by atoms with E-state index in [1.54, 1.807) is 13.8 Å². The Morgan fingerprint density at radius 1 is 0.759 bits per heavy atom. The Bertz CT molecular complexity index is 1370. The molecule has 1 saturated carbocycles. The van der Waals surface area contributed by atoms with E-state index < -0.39 is 17.7 Å². The van der Waals surface area contributed by atoms with Gasteiger partial charge in [0, 0.05) is 36.8 Å². The number of hydrogen-bond donors (Lipinski definition) is 5. The Hall–Kier alpha value is -3.31. The largest absolute Gasteiger partial charge is 0.449 e. The number of amides is 4. The lowest BCUT2D eigenvalue weighted by atomic mass is 9.62. The number of carbonyl (C=O) groups is 3. The number of nitrogens with zero attached hydrogens (tertiary/aromatic N) is 1. The molecule has 0 bridgehead atoms. The minimum absolute atomic E-state index is 0.0342. The average Bonchev–Trinajstić information content (AvgIpc) is 3.15. The molecule has 0 radical (unpaired) electrons. The molecule has 3 atom stereocenters. The second-order valence-electron chi connectivity index (χ2n) is 18.3. The van der Waals surface area contributed by atoms with E-state index in [1.807, 2.05) is 0 Å². The molecule has 5 N–H and O–H groups in total. The Labute approximate surface area is 351 Å². The van der Waals surface area contributed by atoms with E-state index >= 15 is 0 Å². The van der Waals surface area contributed by atoms with Crippen LogP contribution in [0.4, 0.5) is 20.3 Å². The molecule has 58 heavy (non-hydrogen) atoms. The number of aromatic amines is 1. The molecule has 0 saturated heterocycles. The lowest BCUT2D eigenvalue weighted by Gasteiger charge is -2.46. The van der Waals surface area contributed by atoms with Crippen LogP contribution in [0.5, 0.6) is 0 Å². The van der Waals surface area contributed by atoms with E-state index in [2.05, 4.69) is 65.9 Å². The molecule has 1 aliphatic carbocycles. The monoisotopic (exact) mass is 817 g/mol. The number of anilines is 1. The van der Waals surface area contributed by atoms with Crippen LogP contribution in [0.2, 0.25) is 0 Å². The normalized spacial score (nSPS) is 17.9. The van der Waals surface area contributed by atoms with Crippen LogP contribution in [-0.2, 0) is 15.9 Å². The second kappa shape index (κ2) is 29.0. The van der Waals surface area contributed by atoms with Crippen LogP contribution in [0, 0.1) is 23.7 Å². The Balaban J connectivity index is 1.86. The van der Waals surface area contributed by atoms with Crippen LogP contribution in [-0.4, -0.2) is 60.5 Å². The molecule has 334 valence electrons. The van der Waals surface area contributed by atoms with Crippen molar-refractivity contribution in [3.8, 4) is 0 Å². The maximum Gasteiger partial charge on any atom is 0.407 e. The van der Waals surface area contributed by atoms with Gasteiger partial charge in [-0.25, -0.2) is 14.4 Å². The smallest absolute Gasteiger partial charge is 0.407 e. The number of aryl methyl sites for hydroxylation is 1. The summed E-state index contributed by atoms with van der Waals surface area (Å²) < 4.78 is 11.0. The zero-order chi connectivity index (χ0) is 42.7. The molecule has 1 aliphatic rings. The number of rotatable bonds is 30. The third kappa shape index (κ3) is 22.7. The van der Waals surface area contributed by atoms with Crippen molar-refractivity contribution in [1.29, 1.82) is 0 Å². The van der Waals surface area contributed by atoms with Gasteiger partial charge in [-0.05, 0) is 62.7 Å². The van der Waals surface area contributed by atoms with Gasteiger partial charge in [-0.15, -0.1) is 0 Å². The Morgan fingerprint density at radius 2 is 1.31 bits per heavy atom. The van der Waals surface area contributed by atoms with E-state index in [-0.39, 0.29) is 41.9 Å². The van der Waals surface area contributed by atoms with Crippen LogP contribution in [0.15, 0.2) is 4.79 Å². The fourth-order valence-electron chi connectivity index (χ4n) is 8.92. The maximum atomic E-state index is 13.3. The number of nitrogens with one attached hydrogen (secondary N) is 5. The van der Waals surface area contributed by atoms with E-state index in [0.717, 1.165) is 25.7 Å². The highest BCUT2D eigenvalue weighted by molar-refractivity contribution is 5.87. The number of hydrogen-bond acceptors (Lipinski definition) is 7. The molecule has 1 heterocycles. The summed E-state index contributed by atoms with van der Waals surface area (Å²) in [5.74, 6) is 0.437. The zero-order valence-electron chi connectivity index (χ0n) is 37.9. The van der Waals surface area contributed by atoms with Crippen LogP contribution in [0.3, 0.4) is 0 Å². The molecule has 12 heteroatoms. The first-order chi connectivity index (χ1) is 27.8. The molecule has 1 fully saturated rings. The number of H-pyrrole nitrogens is 1. The number of ether oxygens (including phenoxy) is 2. The van der Waals surface area contributed by atoms with Gasteiger partial charge in [0.25, 0.3) is 5.56 Å². The van der Waals surface area contributed by atoms with Crippen molar-refractivity contribution < 1.29 is 23.9 Å². The molecule has 12 nitrogen and oxygen atoms in total. The summed E-state index contributed by atoms with van der Waals surface area (Å²) in [7, 11) is 0. The molecule has 4 amide bonds. The number of unbranched alkanes of at least 4 members (excludes halogenated alkanes) is 16. The van der Waals surface area contributed by atoms with Gasteiger partial charge >= 0.3 is 18.2 Å². The van der Waals surface area contributed by atoms with Crippen molar-refractivity contribution in [1.82, 2.24) is 25.9 Å². The summed E-state index contributed by atoms with van der Waals surface area (Å²) in [6.07, 6.45) is 27.5. The highest BCUT2D eigenvalue weighted by Gasteiger charge is 2.42. The van der Waals surface area contributed by atoms with E-state index in [9.17, 15) is 19.2 Å². The fraction of sp³-hybridized carbons (Fsp3) is 0.848. The van der Waals surface area contributed by atoms with Gasteiger partial charge in [0.2, 0.25) is 5.95 Å². The summed E-state index contributed by atoms with van der Waals surface area (Å²) in [4.78, 5) is 57.5. The minimum Gasteiger partial charge on any atom is -0.449 e. The molecule has 2 rings (SSSR count). The molecule has 0 aliphatic heterocycles. The Morgan fingerprint density at radius 3 is 1.84 bits per heavy atom. The standard InChI is InChI=1S/C46H84N6O6/c1-8-11-13-15-17-19-20-22-24-26-28-37(27-25-23-21-18-16-14-12-9-2)33-58-44(56)50-38-31-45(5,6)34-46(7,32-38)35-48-42(54)52-41-49-36(4)39(40(53)51-41)29-30-57-43(55)47-10-3/h37-38H,8-35H2,1-7H3,(H,47,55)(H,50,56)(H3,48,49,51,52,53,54). The summed E-state index contributed by atoms with van der Waals surface area (Å²) in [5, 5.41) is 11.4. The summed E-state index contributed by atoms with van der Waals surface area (Å²) >= 11 is 0. The van der Waals surface area contributed by atoms with Crippen LogP contribution in [0.25, 0.3) is 0 Å². The fourth-order valence-corrected chi connectivity index (χ4v) is 8.92. The lowest BCUT2D eigenvalue weighted by Crippen LogP contribution is -2.51. The van der Waals surface area contributed by atoms with Gasteiger partial charge < -0.3 is 30.4 Å². The SMILES string of the molecule is CCCCCCCCCCCCC(CCCCCCCCCC)COC(=O)NC1CC(C)(C)CC(C)(CNC(=O)Nc2nc(=O)c(CCOC(=O)NCC)c(C)[nH]2)C1. The van der Waals surface area contributed by atoms with Crippen molar-refractivity contribution in [2.24, 2.45) is 16.7 Å². The van der Waals surface area contributed by atoms with Gasteiger partial charge in [-0.2, -0.15) is 4.98 Å². The van der Waals surface area contributed by atoms with Gasteiger partial charge in [0.15, 0.2) is 0 Å². The quantitative estimate of drug-likeness (QED) is 0.0482. The second-order valence-corrected chi connectivity index (χ2v) is 18.3. The van der Waals surface area contributed by atoms with Crippen LogP contribution in [0.1, 0.15) is 200 Å². The highest BCUT2D eigenvalue weighted by Crippen LogP contribution is 2.45. The summed E-state index contributed by atoms with van der Waals surface area (Å²) in [6.45, 7) is 15.9. The van der Waals surface area contributed by atoms with Gasteiger partial charge in [-0.3, -0.25) is 10.1 Å². The number of alkyl carbamates (subject to hydrolysis) is 2. The highest BCUT2D eigenvalue weighted by atomic mass is 16.6. The van der Waals surface area contributed by atoms with Crippen molar-refractivity contribution in [3.63, 3.8) is 0 Å². The Kier molecular flexibility index (Phi) is 25.4. The lowest BCUT2D eigenvalue weighted by molar-refractivity contribution is 0.0635. The van der Waals surface area contributed by atoms with Crippen molar-refractivity contribution in [3.05, 3.63) is 21.6 Å². The zero-order valence-corrected chi connectivity index (χ0v) is 37.9. The average molecular weight is 817 g/mol. The number of carbonyl (C=O) groups excluding carboxylic acids is 3.